The standard InChI is InChI=1S/C19H22N2O4/c1-20-13-14(3-8-18(20)22)19(23)21-11-9-17(10-12-21)25-16-6-4-15(24-2)5-7-16/h3-8,13,17H,9-12H2,1-2H3. The molecule has 6 nitrogen and oxygen atoms in total. The largest absolute Gasteiger partial charge is 0.497 e. The van der Waals surface area contributed by atoms with Crippen molar-refractivity contribution < 1.29 is 14.3 Å². The van der Waals surface area contributed by atoms with Crippen LogP contribution in [0, 0.1) is 0 Å². The van der Waals surface area contributed by atoms with E-state index >= 15 is 0 Å². The molecule has 1 saturated heterocycles. The van der Waals surface area contributed by atoms with Crippen molar-refractivity contribution in [3.63, 3.8) is 0 Å². The summed E-state index contributed by atoms with van der Waals surface area (Å²) < 4.78 is 12.5. The van der Waals surface area contributed by atoms with Crippen LogP contribution in [0.1, 0.15) is 23.2 Å². The first-order valence-corrected chi connectivity index (χ1v) is 8.33. The second-order valence-electron chi connectivity index (χ2n) is 6.15. The molecule has 6 heteroatoms. The molecule has 1 aromatic carbocycles. The van der Waals surface area contributed by atoms with Gasteiger partial charge >= 0.3 is 0 Å². The summed E-state index contributed by atoms with van der Waals surface area (Å²) in [4.78, 5) is 25.8. The highest BCUT2D eigenvalue weighted by atomic mass is 16.5. The predicted octanol–water partition coefficient (Wildman–Crippen LogP) is 2.08. The van der Waals surface area contributed by atoms with Crippen molar-refractivity contribution in [1.82, 2.24) is 9.47 Å². The van der Waals surface area contributed by atoms with E-state index in [0.717, 1.165) is 24.3 Å². The van der Waals surface area contributed by atoms with Crippen LogP contribution in [0.2, 0.25) is 0 Å². The molecule has 132 valence electrons. The maximum absolute atomic E-state index is 12.6. The van der Waals surface area contributed by atoms with Gasteiger partial charge in [-0.1, -0.05) is 0 Å². The number of methoxy groups -OCH3 is 1. The molecule has 25 heavy (non-hydrogen) atoms. The fourth-order valence-electron chi connectivity index (χ4n) is 2.93. The summed E-state index contributed by atoms with van der Waals surface area (Å²) >= 11 is 0. The minimum absolute atomic E-state index is 0.0431. The normalized spacial score (nSPS) is 15.0. The second kappa shape index (κ2) is 7.42. The highest BCUT2D eigenvalue weighted by Gasteiger charge is 2.25. The number of aromatic nitrogens is 1. The molecular weight excluding hydrogens is 320 g/mol. The van der Waals surface area contributed by atoms with Crippen LogP contribution in [0.15, 0.2) is 47.4 Å². The zero-order valence-corrected chi connectivity index (χ0v) is 14.5. The quantitative estimate of drug-likeness (QED) is 0.853. The zero-order chi connectivity index (χ0) is 17.8. The topological polar surface area (TPSA) is 60.8 Å². The Bertz CT molecular complexity index is 790. The third kappa shape index (κ3) is 4.02. The first-order chi connectivity index (χ1) is 12.1. The van der Waals surface area contributed by atoms with Gasteiger partial charge in [0.25, 0.3) is 5.91 Å². The first-order valence-electron chi connectivity index (χ1n) is 8.33. The summed E-state index contributed by atoms with van der Waals surface area (Å²) in [7, 11) is 3.28. The van der Waals surface area contributed by atoms with Crippen LogP contribution in [-0.4, -0.2) is 41.7 Å². The summed E-state index contributed by atoms with van der Waals surface area (Å²) in [6.07, 6.45) is 3.25. The maximum Gasteiger partial charge on any atom is 0.255 e. The number of carbonyl (C=O) groups is 1. The Labute approximate surface area is 146 Å². The van der Waals surface area contributed by atoms with Crippen molar-refractivity contribution in [2.24, 2.45) is 7.05 Å². The van der Waals surface area contributed by atoms with Crippen molar-refractivity contribution >= 4 is 5.91 Å². The van der Waals surface area contributed by atoms with Gasteiger partial charge in [0.05, 0.1) is 12.7 Å². The third-order valence-electron chi connectivity index (χ3n) is 4.42. The van der Waals surface area contributed by atoms with Gasteiger partial charge in [0.15, 0.2) is 0 Å². The van der Waals surface area contributed by atoms with E-state index < -0.39 is 0 Å². The molecule has 1 aliphatic heterocycles. The number of hydrogen-bond donors (Lipinski definition) is 0. The van der Waals surface area contributed by atoms with Gasteiger partial charge in [0.1, 0.15) is 17.6 Å². The smallest absolute Gasteiger partial charge is 0.255 e. The summed E-state index contributed by atoms with van der Waals surface area (Å²) in [6, 6.07) is 10.5. The van der Waals surface area contributed by atoms with Crippen LogP contribution in [0.3, 0.4) is 0 Å². The molecule has 0 bridgehead atoms. The van der Waals surface area contributed by atoms with Crippen molar-refractivity contribution in [1.29, 1.82) is 0 Å². The summed E-state index contributed by atoms with van der Waals surface area (Å²) in [5, 5.41) is 0. The number of likely N-dealkylation sites (tertiary alicyclic amines) is 1. The Morgan fingerprint density at radius 3 is 2.28 bits per heavy atom. The number of nitrogens with zero attached hydrogens (tertiary/aromatic N) is 2. The van der Waals surface area contributed by atoms with Gasteiger partial charge < -0.3 is 18.9 Å². The van der Waals surface area contributed by atoms with E-state index in [2.05, 4.69) is 0 Å². The van der Waals surface area contributed by atoms with Crippen LogP contribution in [-0.2, 0) is 7.05 Å². The molecule has 1 aliphatic rings. The predicted molar refractivity (Wildman–Crippen MR) is 94.2 cm³/mol. The Hall–Kier alpha value is -2.76. The molecule has 0 saturated carbocycles. The Morgan fingerprint density at radius 1 is 1.04 bits per heavy atom. The average Bonchev–Trinajstić information content (AvgIpc) is 2.65. The minimum Gasteiger partial charge on any atom is -0.497 e. The molecule has 0 radical (unpaired) electrons. The van der Waals surface area contributed by atoms with Crippen LogP contribution >= 0.6 is 0 Å². The number of amides is 1. The number of benzene rings is 1. The van der Waals surface area contributed by atoms with Crippen LogP contribution in [0.4, 0.5) is 0 Å². The molecule has 3 rings (SSSR count). The van der Waals surface area contributed by atoms with Crippen LogP contribution in [0.5, 0.6) is 11.5 Å². The molecule has 2 aromatic rings. The fraction of sp³-hybridized carbons (Fsp3) is 0.368. The molecule has 1 amide bonds. The summed E-state index contributed by atoms with van der Waals surface area (Å²) in [6.45, 7) is 1.28. The van der Waals surface area contributed by atoms with E-state index in [-0.39, 0.29) is 17.6 Å². The number of pyridine rings is 1. The second-order valence-corrected chi connectivity index (χ2v) is 6.15. The number of hydrogen-bond acceptors (Lipinski definition) is 4. The van der Waals surface area contributed by atoms with E-state index in [9.17, 15) is 9.59 Å². The van der Waals surface area contributed by atoms with E-state index in [0.29, 0.717) is 18.7 Å². The van der Waals surface area contributed by atoms with Crippen molar-refractivity contribution in [3.05, 3.63) is 58.5 Å². The molecule has 2 heterocycles. The number of rotatable bonds is 4. The lowest BCUT2D eigenvalue weighted by Crippen LogP contribution is -2.42. The number of carbonyl (C=O) groups excluding carboxylic acids is 1. The molecular formula is C19H22N2O4. The van der Waals surface area contributed by atoms with Crippen LogP contribution < -0.4 is 15.0 Å². The Kier molecular flexibility index (Phi) is 5.07. The lowest BCUT2D eigenvalue weighted by Gasteiger charge is -2.32. The van der Waals surface area contributed by atoms with E-state index in [1.165, 1.54) is 10.6 Å². The first kappa shape index (κ1) is 17.1. The summed E-state index contributed by atoms with van der Waals surface area (Å²) in [5.74, 6) is 1.56. The average molecular weight is 342 g/mol. The van der Waals surface area contributed by atoms with Gasteiger partial charge in [-0.3, -0.25) is 9.59 Å². The van der Waals surface area contributed by atoms with Crippen LogP contribution in [0.25, 0.3) is 0 Å². The molecule has 1 fully saturated rings. The van der Waals surface area contributed by atoms with Crippen molar-refractivity contribution in [2.75, 3.05) is 20.2 Å². The maximum atomic E-state index is 12.6. The van der Waals surface area contributed by atoms with Crippen molar-refractivity contribution in [2.45, 2.75) is 18.9 Å². The zero-order valence-electron chi connectivity index (χ0n) is 14.5. The minimum atomic E-state index is -0.122. The van der Waals surface area contributed by atoms with Gasteiger partial charge in [-0.25, -0.2) is 0 Å². The Balaban J connectivity index is 1.56. The Morgan fingerprint density at radius 2 is 1.68 bits per heavy atom. The number of ether oxygens (including phenoxy) is 2. The molecule has 0 spiro atoms. The molecule has 0 aliphatic carbocycles. The van der Waals surface area contributed by atoms with Gasteiger partial charge in [-0.2, -0.15) is 0 Å². The number of piperidine rings is 1. The van der Waals surface area contributed by atoms with E-state index in [1.54, 1.807) is 26.4 Å². The third-order valence-corrected chi connectivity index (χ3v) is 4.42. The van der Waals surface area contributed by atoms with E-state index in [1.807, 2.05) is 29.2 Å². The monoisotopic (exact) mass is 342 g/mol. The lowest BCUT2D eigenvalue weighted by molar-refractivity contribution is 0.0594. The van der Waals surface area contributed by atoms with Gasteiger partial charge in [-0.05, 0) is 30.3 Å². The fourth-order valence-corrected chi connectivity index (χ4v) is 2.93. The van der Waals surface area contributed by atoms with E-state index in [4.69, 9.17) is 9.47 Å². The molecule has 0 atom stereocenters. The number of aryl methyl sites for hydroxylation is 1. The lowest BCUT2D eigenvalue weighted by atomic mass is 10.1. The van der Waals surface area contributed by atoms with Gasteiger partial charge in [0.2, 0.25) is 5.56 Å². The van der Waals surface area contributed by atoms with Crippen molar-refractivity contribution in [3.8, 4) is 11.5 Å². The summed E-state index contributed by atoms with van der Waals surface area (Å²) in [5.41, 5.74) is 0.416. The highest BCUT2D eigenvalue weighted by Crippen LogP contribution is 2.22. The van der Waals surface area contributed by atoms with Gasteiger partial charge in [-0.15, -0.1) is 0 Å². The van der Waals surface area contributed by atoms with Gasteiger partial charge in [0, 0.05) is 45.2 Å². The highest BCUT2D eigenvalue weighted by molar-refractivity contribution is 5.93. The SMILES string of the molecule is COc1ccc(OC2CCN(C(=O)c3ccc(=O)n(C)c3)CC2)cc1. The molecule has 0 unspecified atom stereocenters. The molecule has 0 N–H and O–H groups in total. The molecule has 1 aromatic heterocycles.